The first-order valence-electron chi connectivity index (χ1n) is 6.50. The Morgan fingerprint density at radius 1 is 1.19 bits per heavy atom. The number of alkyl halides is 2. The Labute approximate surface area is 157 Å². The van der Waals surface area contributed by atoms with Gasteiger partial charge in [-0.25, -0.2) is 0 Å². The van der Waals surface area contributed by atoms with E-state index in [0.717, 1.165) is 24.3 Å². The van der Waals surface area contributed by atoms with Gasteiger partial charge in [0, 0.05) is 36.6 Å². The number of nitrogens with two attached hydrogens (primary N) is 1. The summed E-state index contributed by atoms with van der Waals surface area (Å²) >= 11 is 11.5. The molecule has 1 unspecified atom stereocenters. The Hall–Kier alpha value is 0.0300. The minimum atomic E-state index is -1.21. The summed E-state index contributed by atoms with van der Waals surface area (Å²) in [7, 11) is 0. The standard InChI is InChI=1S/C14H20Cl2N2O2.Na/c15-7-9-18(10-8-16)12-4-1-11(2-5-12)3-6-13(17)14(19)20;/h1-2,4-5,13H,3,6-10,17H2,(H,19,20);/q;+1/p-1. The number of aryl methyl sites for hydroxylation is 1. The van der Waals surface area contributed by atoms with E-state index in [1.165, 1.54) is 0 Å². The van der Waals surface area contributed by atoms with Gasteiger partial charge >= 0.3 is 29.6 Å². The van der Waals surface area contributed by atoms with Crippen LogP contribution in [0.15, 0.2) is 24.3 Å². The van der Waals surface area contributed by atoms with Crippen molar-refractivity contribution in [3.63, 3.8) is 0 Å². The predicted octanol–water partition coefficient (Wildman–Crippen LogP) is -2.02. The van der Waals surface area contributed by atoms with Crippen LogP contribution in [0.5, 0.6) is 0 Å². The Bertz CT molecular complexity index is 412. The van der Waals surface area contributed by atoms with Crippen molar-refractivity contribution in [1.29, 1.82) is 0 Å². The maximum Gasteiger partial charge on any atom is 1.00 e. The SMILES string of the molecule is NC(CCc1ccc(N(CCCl)CCCl)cc1)C(=O)[O-].[Na+]. The number of carboxylic acid groups (broad SMARTS) is 1. The fraction of sp³-hybridized carbons (Fsp3) is 0.500. The molecule has 0 amide bonds. The molecule has 0 bridgehead atoms. The summed E-state index contributed by atoms with van der Waals surface area (Å²) in [6.45, 7) is 1.48. The Balaban J connectivity index is 0.00000400. The molecular formula is C14H19Cl2N2NaO2. The minimum Gasteiger partial charge on any atom is -0.548 e. The van der Waals surface area contributed by atoms with E-state index in [1.807, 2.05) is 24.3 Å². The van der Waals surface area contributed by atoms with Crippen LogP contribution in [0.25, 0.3) is 0 Å². The fourth-order valence-electron chi connectivity index (χ4n) is 1.89. The molecule has 2 N–H and O–H groups in total. The van der Waals surface area contributed by atoms with E-state index in [4.69, 9.17) is 28.9 Å². The summed E-state index contributed by atoms with van der Waals surface area (Å²) in [5, 5.41) is 10.5. The number of rotatable bonds is 9. The number of carbonyl (C=O) groups excluding carboxylic acids is 1. The number of nitrogens with zero attached hydrogens (tertiary/aromatic N) is 1. The predicted molar refractivity (Wildman–Crippen MR) is 81.4 cm³/mol. The van der Waals surface area contributed by atoms with Gasteiger partial charge < -0.3 is 20.5 Å². The van der Waals surface area contributed by atoms with Crippen molar-refractivity contribution in [2.24, 2.45) is 5.73 Å². The molecular weight excluding hydrogens is 322 g/mol. The average molecular weight is 341 g/mol. The van der Waals surface area contributed by atoms with Gasteiger partial charge in [0.25, 0.3) is 0 Å². The van der Waals surface area contributed by atoms with Crippen LogP contribution in [0.2, 0.25) is 0 Å². The molecule has 0 aliphatic heterocycles. The number of anilines is 1. The van der Waals surface area contributed by atoms with Gasteiger partial charge in [0.1, 0.15) is 0 Å². The second-order valence-corrected chi connectivity index (χ2v) is 5.25. The van der Waals surface area contributed by atoms with Gasteiger partial charge in [-0.05, 0) is 30.5 Å². The van der Waals surface area contributed by atoms with Crippen molar-refractivity contribution in [2.75, 3.05) is 29.7 Å². The van der Waals surface area contributed by atoms with Crippen LogP contribution in [0.4, 0.5) is 5.69 Å². The molecule has 21 heavy (non-hydrogen) atoms. The van der Waals surface area contributed by atoms with Crippen molar-refractivity contribution < 1.29 is 39.5 Å². The van der Waals surface area contributed by atoms with E-state index in [0.29, 0.717) is 24.6 Å². The van der Waals surface area contributed by atoms with E-state index < -0.39 is 12.0 Å². The number of hydrogen-bond acceptors (Lipinski definition) is 4. The van der Waals surface area contributed by atoms with Crippen molar-refractivity contribution in [3.05, 3.63) is 29.8 Å². The number of carboxylic acids is 1. The molecule has 7 heteroatoms. The van der Waals surface area contributed by atoms with Crippen LogP contribution in [-0.2, 0) is 11.2 Å². The van der Waals surface area contributed by atoms with Gasteiger partial charge in [0.2, 0.25) is 0 Å². The normalized spacial score (nSPS) is 11.6. The van der Waals surface area contributed by atoms with E-state index >= 15 is 0 Å². The molecule has 0 fully saturated rings. The topological polar surface area (TPSA) is 69.4 Å². The smallest absolute Gasteiger partial charge is 0.548 e. The van der Waals surface area contributed by atoms with Crippen LogP contribution in [0.3, 0.4) is 0 Å². The molecule has 1 aromatic rings. The third-order valence-electron chi connectivity index (χ3n) is 3.06. The Kier molecular flexibility index (Phi) is 11.6. The van der Waals surface area contributed by atoms with E-state index in [2.05, 4.69) is 4.90 Å². The largest absolute Gasteiger partial charge is 1.00 e. The molecule has 0 aromatic heterocycles. The third kappa shape index (κ3) is 7.73. The first-order chi connectivity index (χ1) is 9.58. The van der Waals surface area contributed by atoms with Crippen LogP contribution in [-0.4, -0.2) is 36.9 Å². The Morgan fingerprint density at radius 2 is 1.71 bits per heavy atom. The molecule has 1 aromatic carbocycles. The quantitative estimate of drug-likeness (QED) is 0.416. The van der Waals surface area contributed by atoms with Crippen LogP contribution >= 0.6 is 23.2 Å². The molecule has 0 aliphatic carbocycles. The van der Waals surface area contributed by atoms with Gasteiger partial charge in [-0.15, -0.1) is 23.2 Å². The molecule has 0 aliphatic rings. The molecule has 0 spiro atoms. The number of benzene rings is 1. The van der Waals surface area contributed by atoms with Gasteiger partial charge in [-0.1, -0.05) is 12.1 Å². The average Bonchev–Trinajstić information content (AvgIpc) is 2.45. The van der Waals surface area contributed by atoms with Crippen molar-refractivity contribution in [3.8, 4) is 0 Å². The van der Waals surface area contributed by atoms with Gasteiger partial charge in [0.05, 0.1) is 5.97 Å². The summed E-state index contributed by atoms with van der Waals surface area (Å²) in [5.74, 6) is -0.130. The number of halogens is 2. The first-order valence-corrected chi connectivity index (χ1v) is 7.57. The molecule has 0 saturated heterocycles. The van der Waals surface area contributed by atoms with Crippen LogP contribution in [0, 0.1) is 0 Å². The van der Waals surface area contributed by atoms with E-state index in [9.17, 15) is 9.90 Å². The van der Waals surface area contributed by atoms with Gasteiger partial charge in [-0.2, -0.15) is 0 Å². The maximum atomic E-state index is 10.5. The van der Waals surface area contributed by atoms with E-state index in [1.54, 1.807) is 0 Å². The molecule has 4 nitrogen and oxygen atoms in total. The van der Waals surface area contributed by atoms with Crippen molar-refractivity contribution >= 4 is 34.9 Å². The molecule has 112 valence electrons. The van der Waals surface area contributed by atoms with E-state index in [-0.39, 0.29) is 29.6 Å². The molecule has 1 atom stereocenters. The number of aliphatic carboxylic acids is 1. The third-order valence-corrected chi connectivity index (χ3v) is 3.40. The number of hydrogen-bond donors (Lipinski definition) is 1. The zero-order chi connectivity index (χ0) is 15.0. The molecule has 1 rings (SSSR count). The van der Waals surface area contributed by atoms with Crippen LogP contribution < -0.4 is 45.3 Å². The summed E-state index contributed by atoms with van der Waals surface area (Å²) in [6, 6.07) is 6.98. The zero-order valence-electron chi connectivity index (χ0n) is 12.2. The minimum absolute atomic E-state index is 0. The second kappa shape index (κ2) is 11.6. The second-order valence-electron chi connectivity index (χ2n) is 4.50. The summed E-state index contributed by atoms with van der Waals surface area (Å²) in [5.41, 5.74) is 7.52. The van der Waals surface area contributed by atoms with Crippen molar-refractivity contribution in [1.82, 2.24) is 0 Å². The monoisotopic (exact) mass is 340 g/mol. The summed E-state index contributed by atoms with van der Waals surface area (Å²) in [4.78, 5) is 12.6. The maximum absolute atomic E-state index is 10.5. The summed E-state index contributed by atoms with van der Waals surface area (Å²) in [6.07, 6.45) is 0.981. The van der Waals surface area contributed by atoms with Crippen LogP contribution in [0.1, 0.15) is 12.0 Å². The number of carbonyl (C=O) groups is 1. The molecule has 0 saturated carbocycles. The fourth-order valence-corrected chi connectivity index (χ4v) is 2.30. The summed E-state index contributed by atoms with van der Waals surface area (Å²) < 4.78 is 0. The molecule has 0 heterocycles. The van der Waals surface area contributed by atoms with Gasteiger partial charge in [-0.3, -0.25) is 0 Å². The Morgan fingerprint density at radius 3 is 2.14 bits per heavy atom. The first kappa shape index (κ1) is 21.0. The molecule has 0 radical (unpaired) electrons. The zero-order valence-corrected chi connectivity index (χ0v) is 15.7. The van der Waals surface area contributed by atoms with Gasteiger partial charge in [0.15, 0.2) is 0 Å². The van der Waals surface area contributed by atoms with Crippen molar-refractivity contribution in [2.45, 2.75) is 18.9 Å².